The highest BCUT2D eigenvalue weighted by molar-refractivity contribution is 5.84. The van der Waals surface area contributed by atoms with E-state index < -0.39 is 42.4 Å². The molecule has 0 bridgehead atoms. The highest BCUT2D eigenvalue weighted by atomic mass is 16.5. The predicted molar refractivity (Wildman–Crippen MR) is 120 cm³/mol. The molecule has 2 N–H and O–H groups in total. The minimum absolute atomic E-state index is 0.00675. The van der Waals surface area contributed by atoms with Gasteiger partial charge < -0.3 is 29.8 Å². The molecule has 0 radical (unpaired) electrons. The van der Waals surface area contributed by atoms with Gasteiger partial charge in [0.15, 0.2) is 0 Å². The molecular formula is C21H36N5O9-. The standard InChI is InChI=1S/C21H37N5O9/c1-16(21(33)22-12-17(27)28)26-10-8-23(13-18(29)30)4-5-24(14-19(31)34-2)6-7-25(9-11-26)15-20(32)35-3/h16H,4-15H2,1-3H3,(H,22,33)(H,27,28)(H,29,30)/p-1. The summed E-state index contributed by atoms with van der Waals surface area (Å²) < 4.78 is 9.54. The van der Waals surface area contributed by atoms with Gasteiger partial charge in [0, 0.05) is 58.9 Å². The molecule has 200 valence electrons. The van der Waals surface area contributed by atoms with Crippen LogP contribution in [-0.4, -0.2) is 153 Å². The predicted octanol–water partition coefficient (Wildman–Crippen LogP) is -4.11. The first-order valence-electron chi connectivity index (χ1n) is 11.3. The van der Waals surface area contributed by atoms with Crippen molar-refractivity contribution in [1.29, 1.82) is 0 Å². The van der Waals surface area contributed by atoms with E-state index in [0.29, 0.717) is 45.8 Å². The van der Waals surface area contributed by atoms with Crippen molar-refractivity contribution >= 4 is 29.8 Å². The number of esters is 2. The number of carboxylic acids is 2. The second-order valence-electron chi connectivity index (χ2n) is 8.18. The fraction of sp³-hybridized carbons (Fsp3) is 0.762. The topological polar surface area (TPSA) is 172 Å². The Hall–Kier alpha value is -2.81. The molecule has 0 aromatic rings. The van der Waals surface area contributed by atoms with E-state index in [2.05, 4.69) is 5.32 Å². The van der Waals surface area contributed by atoms with Crippen LogP contribution in [0.25, 0.3) is 0 Å². The van der Waals surface area contributed by atoms with Gasteiger partial charge in [0.1, 0.15) is 6.54 Å². The van der Waals surface area contributed by atoms with Crippen LogP contribution in [0.1, 0.15) is 6.92 Å². The number of hydrogen-bond donors (Lipinski definition) is 2. The Balaban J connectivity index is 3.07. The third-order valence-electron chi connectivity index (χ3n) is 5.73. The zero-order chi connectivity index (χ0) is 26.4. The van der Waals surface area contributed by atoms with E-state index in [0.717, 1.165) is 0 Å². The van der Waals surface area contributed by atoms with Gasteiger partial charge in [-0.2, -0.15) is 0 Å². The molecule has 1 aliphatic rings. The first-order chi connectivity index (χ1) is 16.5. The molecular weight excluding hydrogens is 466 g/mol. The molecule has 14 nitrogen and oxygen atoms in total. The molecule has 1 fully saturated rings. The van der Waals surface area contributed by atoms with Gasteiger partial charge in [-0.15, -0.1) is 0 Å². The highest BCUT2D eigenvalue weighted by Gasteiger charge is 2.25. The maximum absolute atomic E-state index is 12.5. The summed E-state index contributed by atoms with van der Waals surface area (Å²) in [5, 5.41) is 22.5. The number of rotatable bonds is 10. The van der Waals surface area contributed by atoms with Crippen molar-refractivity contribution in [3.63, 3.8) is 0 Å². The van der Waals surface area contributed by atoms with E-state index in [1.807, 2.05) is 9.80 Å². The highest BCUT2D eigenvalue weighted by Crippen LogP contribution is 2.05. The Bertz CT molecular complexity index is 736. The van der Waals surface area contributed by atoms with Crippen LogP contribution in [0, 0.1) is 0 Å². The smallest absolute Gasteiger partial charge is 0.322 e. The largest absolute Gasteiger partial charge is 0.549 e. The van der Waals surface area contributed by atoms with Crippen molar-refractivity contribution < 1.29 is 43.7 Å². The number of carbonyl (C=O) groups excluding carboxylic acids is 4. The summed E-state index contributed by atoms with van der Waals surface area (Å²) in [5.74, 6) is -3.76. The number of carboxylic acid groups (broad SMARTS) is 2. The van der Waals surface area contributed by atoms with E-state index in [4.69, 9.17) is 14.6 Å². The van der Waals surface area contributed by atoms with Gasteiger partial charge in [0.25, 0.3) is 0 Å². The van der Waals surface area contributed by atoms with E-state index >= 15 is 0 Å². The molecule has 1 unspecified atom stereocenters. The molecule has 0 saturated carbocycles. The molecule has 0 spiro atoms. The van der Waals surface area contributed by atoms with Crippen LogP contribution in [0.15, 0.2) is 0 Å². The number of ether oxygens (including phenoxy) is 2. The van der Waals surface area contributed by atoms with Gasteiger partial charge in [-0.05, 0) is 6.92 Å². The molecule has 0 aromatic carbocycles. The van der Waals surface area contributed by atoms with Gasteiger partial charge in [-0.25, -0.2) is 0 Å². The van der Waals surface area contributed by atoms with Crippen molar-refractivity contribution in [1.82, 2.24) is 24.9 Å². The number of nitrogens with one attached hydrogen (secondary N) is 1. The Labute approximate surface area is 204 Å². The minimum Gasteiger partial charge on any atom is -0.549 e. The van der Waals surface area contributed by atoms with E-state index in [9.17, 15) is 29.1 Å². The Morgan fingerprint density at radius 3 is 1.57 bits per heavy atom. The van der Waals surface area contributed by atoms with Crippen LogP contribution in [-0.2, 0) is 33.4 Å². The van der Waals surface area contributed by atoms with Gasteiger partial charge >= 0.3 is 17.9 Å². The zero-order valence-corrected chi connectivity index (χ0v) is 20.6. The maximum atomic E-state index is 12.5. The molecule has 0 aliphatic carbocycles. The molecule has 14 heteroatoms. The van der Waals surface area contributed by atoms with E-state index in [-0.39, 0.29) is 26.2 Å². The average molecular weight is 503 g/mol. The lowest BCUT2D eigenvalue weighted by molar-refractivity contribution is -0.306. The van der Waals surface area contributed by atoms with Crippen LogP contribution in [0.2, 0.25) is 0 Å². The van der Waals surface area contributed by atoms with E-state index in [1.165, 1.54) is 14.2 Å². The summed E-state index contributed by atoms with van der Waals surface area (Å²) >= 11 is 0. The number of amides is 1. The van der Waals surface area contributed by atoms with Gasteiger partial charge in [-0.1, -0.05) is 0 Å². The summed E-state index contributed by atoms with van der Waals surface area (Å²) in [6.45, 7) is 3.60. The van der Waals surface area contributed by atoms with Crippen molar-refractivity contribution in [2.24, 2.45) is 0 Å². The quantitative estimate of drug-likeness (QED) is 0.276. The molecule has 1 heterocycles. The van der Waals surface area contributed by atoms with Crippen LogP contribution in [0.3, 0.4) is 0 Å². The number of nitrogens with zero attached hydrogens (tertiary/aromatic N) is 4. The van der Waals surface area contributed by atoms with Gasteiger partial charge in [0.2, 0.25) is 5.91 Å². The average Bonchev–Trinajstić information content (AvgIpc) is 2.81. The Morgan fingerprint density at radius 1 is 0.800 bits per heavy atom. The summed E-state index contributed by atoms with van der Waals surface area (Å²) in [4.78, 5) is 65.5. The summed E-state index contributed by atoms with van der Waals surface area (Å²) in [5.41, 5.74) is 0. The molecule has 1 amide bonds. The maximum Gasteiger partial charge on any atom is 0.322 e. The number of carbonyl (C=O) groups is 5. The lowest BCUT2D eigenvalue weighted by atomic mass is 10.2. The van der Waals surface area contributed by atoms with Crippen LogP contribution < -0.4 is 10.4 Å². The Kier molecular flexibility index (Phi) is 13.8. The van der Waals surface area contributed by atoms with Gasteiger partial charge in [0.05, 0.1) is 39.3 Å². The molecule has 1 rings (SSSR count). The molecule has 1 aliphatic heterocycles. The molecule has 0 aromatic heterocycles. The minimum atomic E-state index is -1.25. The van der Waals surface area contributed by atoms with Crippen LogP contribution in [0.5, 0.6) is 0 Å². The SMILES string of the molecule is COC(=O)CN1CCN(CC(=O)[O-])CCN(C(C)C(=O)NCC(=O)O)CCN(CC(=O)OC)CC1. The van der Waals surface area contributed by atoms with Crippen molar-refractivity contribution in [2.75, 3.05) is 92.8 Å². The summed E-state index contributed by atoms with van der Waals surface area (Å²) in [7, 11) is 2.57. The molecule has 35 heavy (non-hydrogen) atoms. The second-order valence-corrected chi connectivity index (χ2v) is 8.18. The normalized spacial score (nSPS) is 18.5. The zero-order valence-electron chi connectivity index (χ0n) is 20.6. The summed E-state index contributed by atoms with van der Waals surface area (Å²) in [6, 6.07) is -0.696. The Morgan fingerprint density at radius 2 is 1.20 bits per heavy atom. The van der Waals surface area contributed by atoms with E-state index in [1.54, 1.807) is 16.7 Å². The monoisotopic (exact) mass is 502 g/mol. The first kappa shape index (κ1) is 30.2. The number of hydrogen-bond acceptors (Lipinski definition) is 12. The third kappa shape index (κ3) is 12.5. The van der Waals surface area contributed by atoms with Gasteiger partial charge in [-0.3, -0.25) is 38.8 Å². The number of aliphatic carboxylic acids is 2. The summed E-state index contributed by atoms with van der Waals surface area (Å²) in [6.07, 6.45) is 0. The second kappa shape index (κ2) is 16.0. The molecule has 1 atom stereocenters. The van der Waals surface area contributed by atoms with Crippen molar-refractivity contribution in [3.05, 3.63) is 0 Å². The van der Waals surface area contributed by atoms with Crippen molar-refractivity contribution in [3.8, 4) is 0 Å². The first-order valence-corrected chi connectivity index (χ1v) is 11.3. The third-order valence-corrected chi connectivity index (χ3v) is 5.73. The fourth-order valence-corrected chi connectivity index (χ4v) is 3.57. The van der Waals surface area contributed by atoms with Crippen LogP contribution >= 0.6 is 0 Å². The number of methoxy groups -OCH3 is 2. The molecule has 1 saturated heterocycles. The van der Waals surface area contributed by atoms with Crippen molar-refractivity contribution in [2.45, 2.75) is 13.0 Å². The van der Waals surface area contributed by atoms with Crippen LogP contribution in [0.4, 0.5) is 0 Å². The fourth-order valence-electron chi connectivity index (χ4n) is 3.57. The lowest BCUT2D eigenvalue weighted by Gasteiger charge is -2.35. The lowest BCUT2D eigenvalue weighted by Crippen LogP contribution is -2.53.